The van der Waals surface area contributed by atoms with E-state index in [0.29, 0.717) is 22.5 Å². The van der Waals surface area contributed by atoms with Crippen molar-refractivity contribution in [3.05, 3.63) is 46.7 Å². The number of piperazine rings is 1. The van der Waals surface area contributed by atoms with E-state index in [0.717, 1.165) is 73.2 Å². The average molecular weight is 536 g/mol. The molecule has 0 radical (unpaired) electrons. The van der Waals surface area contributed by atoms with E-state index < -0.39 is 0 Å². The van der Waals surface area contributed by atoms with E-state index in [1.165, 1.54) is 12.8 Å². The third-order valence-electron chi connectivity index (χ3n) is 7.16. The molecule has 0 atom stereocenters. The van der Waals surface area contributed by atoms with E-state index in [2.05, 4.69) is 60.3 Å². The molecule has 4 heterocycles. The summed E-state index contributed by atoms with van der Waals surface area (Å²) >= 11 is 6.72. The highest BCUT2D eigenvalue weighted by molar-refractivity contribution is 6.37. The molecule has 0 bridgehead atoms. The summed E-state index contributed by atoms with van der Waals surface area (Å²) in [5.74, 6) is 3.29. The number of H-pyrrole nitrogens is 2. The zero-order chi connectivity index (χ0) is 26.2. The van der Waals surface area contributed by atoms with E-state index >= 15 is 0 Å². The van der Waals surface area contributed by atoms with Crippen molar-refractivity contribution in [2.75, 3.05) is 63.6 Å². The number of anilines is 3. The van der Waals surface area contributed by atoms with Gasteiger partial charge in [0.2, 0.25) is 0 Å². The SMILES string of the molecule is Cc1cc2c(Cl)c(Oc3nc(Nc4cc(C5CC5)[nH]n4)cc(N4CCN(CCN(C)C)CC4)n3)ccc2[nH]1. The van der Waals surface area contributed by atoms with Gasteiger partial charge in [-0.3, -0.25) is 10.00 Å². The van der Waals surface area contributed by atoms with Crippen LogP contribution >= 0.6 is 11.6 Å². The summed E-state index contributed by atoms with van der Waals surface area (Å²) in [5.41, 5.74) is 3.17. The van der Waals surface area contributed by atoms with Gasteiger partial charge in [-0.25, -0.2) is 0 Å². The quantitative estimate of drug-likeness (QED) is 0.282. The molecule has 10 nitrogen and oxygen atoms in total. The maximum atomic E-state index is 6.72. The van der Waals surface area contributed by atoms with Crippen LogP contribution in [-0.2, 0) is 0 Å². The van der Waals surface area contributed by atoms with Crippen LogP contribution < -0.4 is 15.0 Å². The fourth-order valence-electron chi connectivity index (χ4n) is 4.83. The highest BCUT2D eigenvalue weighted by atomic mass is 35.5. The zero-order valence-electron chi connectivity index (χ0n) is 22.1. The number of aromatic amines is 2. The normalized spacial score (nSPS) is 16.5. The summed E-state index contributed by atoms with van der Waals surface area (Å²) < 4.78 is 6.20. The Morgan fingerprint density at radius 1 is 1.08 bits per heavy atom. The van der Waals surface area contributed by atoms with Crippen molar-refractivity contribution >= 4 is 40.0 Å². The van der Waals surface area contributed by atoms with E-state index in [4.69, 9.17) is 21.3 Å². The standard InChI is InChI=1S/C27H34ClN9O/c1-17-14-19-20(29-17)6-7-22(26(19)28)38-27-31-23(30-24-15-21(33-34-24)18-4-5-18)16-25(32-27)37-12-10-36(11-13-37)9-8-35(2)3/h6-7,14-16,18,29H,4-5,8-13H2,1-3H3,(H2,30,31,32,33,34). The summed E-state index contributed by atoms with van der Waals surface area (Å²) in [5, 5.41) is 12.4. The Morgan fingerprint density at radius 3 is 2.66 bits per heavy atom. The number of nitrogens with zero attached hydrogens (tertiary/aromatic N) is 6. The maximum Gasteiger partial charge on any atom is 0.325 e. The van der Waals surface area contributed by atoms with Gasteiger partial charge in [0, 0.05) is 79.6 Å². The Kier molecular flexibility index (Phi) is 6.86. The minimum absolute atomic E-state index is 0.242. The number of nitrogens with one attached hydrogen (secondary N) is 3. The first-order valence-corrected chi connectivity index (χ1v) is 13.6. The molecule has 1 aliphatic heterocycles. The third-order valence-corrected chi connectivity index (χ3v) is 7.55. The van der Waals surface area contributed by atoms with Gasteiger partial charge in [-0.2, -0.15) is 15.1 Å². The van der Waals surface area contributed by atoms with Crippen LogP contribution in [0.1, 0.15) is 30.1 Å². The summed E-state index contributed by atoms with van der Waals surface area (Å²) in [7, 11) is 4.22. The monoisotopic (exact) mass is 535 g/mol. The molecule has 0 amide bonds. The largest absolute Gasteiger partial charge is 0.423 e. The van der Waals surface area contributed by atoms with Crippen molar-refractivity contribution in [3.8, 4) is 11.8 Å². The number of hydrogen-bond donors (Lipinski definition) is 3. The molecule has 2 fully saturated rings. The van der Waals surface area contributed by atoms with Crippen molar-refractivity contribution in [2.24, 2.45) is 0 Å². The van der Waals surface area contributed by atoms with Gasteiger partial charge in [0.05, 0.1) is 5.02 Å². The number of hydrogen-bond acceptors (Lipinski definition) is 8. The molecule has 0 spiro atoms. The second-order valence-electron chi connectivity index (χ2n) is 10.5. The van der Waals surface area contributed by atoms with Crippen molar-refractivity contribution in [3.63, 3.8) is 0 Å². The molecule has 0 unspecified atom stereocenters. The lowest BCUT2D eigenvalue weighted by molar-refractivity contribution is 0.229. The second-order valence-corrected chi connectivity index (χ2v) is 10.9. The molecule has 38 heavy (non-hydrogen) atoms. The number of ether oxygens (including phenoxy) is 1. The average Bonchev–Trinajstić information content (AvgIpc) is 3.53. The number of fused-ring (bicyclic) bond motifs is 1. The van der Waals surface area contributed by atoms with E-state index in [1.54, 1.807) is 0 Å². The Hall–Kier alpha value is -3.34. The van der Waals surface area contributed by atoms with Crippen molar-refractivity contribution in [1.29, 1.82) is 0 Å². The summed E-state index contributed by atoms with van der Waals surface area (Å²) in [6.45, 7) is 7.85. The van der Waals surface area contributed by atoms with Gasteiger partial charge >= 0.3 is 6.01 Å². The molecule has 1 saturated heterocycles. The first-order valence-electron chi connectivity index (χ1n) is 13.2. The molecule has 3 N–H and O–H groups in total. The van der Waals surface area contributed by atoms with Crippen molar-refractivity contribution in [1.82, 2.24) is 34.9 Å². The first kappa shape index (κ1) is 25.0. The minimum atomic E-state index is 0.242. The van der Waals surface area contributed by atoms with E-state index in [-0.39, 0.29) is 6.01 Å². The molecule has 1 aliphatic carbocycles. The van der Waals surface area contributed by atoms with Gasteiger partial charge in [0.1, 0.15) is 17.4 Å². The van der Waals surface area contributed by atoms with Crippen LogP contribution in [-0.4, -0.2) is 88.3 Å². The lowest BCUT2D eigenvalue weighted by Crippen LogP contribution is -2.48. The highest BCUT2D eigenvalue weighted by Gasteiger charge is 2.26. The van der Waals surface area contributed by atoms with Crippen LogP contribution in [0.15, 0.2) is 30.3 Å². The molecular weight excluding hydrogens is 502 g/mol. The molecule has 1 saturated carbocycles. The summed E-state index contributed by atoms with van der Waals surface area (Å²) in [4.78, 5) is 19.8. The highest BCUT2D eigenvalue weighted by Crippen LogP contribution is 2.40. The Balaban J connectivity index is 1.26. The third kappa shape index (κ3) is 5.57. The van der Waals surface area contributed by atoms with Crippen molar-refractivity contribution < 1.29 is 4.74 Å². The topological polar surface area (TPSA) is 101 Å². The van der Waals surface area contributed by atoms with Gasteiger partial charge in [0.25, 0.3) is 0 Å². The Labute approximate surface area is 227 Å². The van der Waals surface area contributed by atoms with Crippen LogP contribution in [0, 0.1) is 6.92 Å². The van der Waals surface area contributed by atoms with Crippen LogP contribution in [0.3, 0.4) is 0 Å². The van der Waals surface area contributed by atoms with Crippen LogP contribution in [0.2, 0.25) is 5.02 Å². The predicted molar refractivity (Wildman–Crippen MR) is 151 cm³/mol. The fraction of sp³-hybridized carbons (Fsp3) is 0.444. The summed E-state index contributed by atoms with van der Waals surface area (Å²) in [6, 6.07) is 10.1. The molecule has 3 aromatic heterocycles. The zero-order valence-corrected chi connectivity index (χ0v) is 22.8. The molecule has 6 rings (SSSR count). The molecular formula is C27H34ClN9O. The molecule has 2 aliphatic rings. The van der Waals surface area contributed by atoms with E-state index in [1.807, 2.05) is 31.2 Å². The molecule has 200 valence electrons. The van der Waals surface area contributed by atoms with Gasteiger partial charge in [-0.15, -0.1) is 0 Å². The van der Waals surface area contributed by atoms with Crippen LogP contribution in [0.5, 0.6) is 11.8 Å². The minimum Gasteiger partial charge on any atom is -0.423 e. The number of aryl methyl sites for hydroxylation is 1. The van der Waals surface area contributed by atoms with Gasteiger partial charge in [-0.05, 0) is 52.1 Å². The predicted octanol–water partition coefficient (Wildman–Crippen LogP) is 4.74. The number of rotatable bonds is 9. The number of aromatic nitrogens is 5. The fourth-order valence-corrected chi connectivity index (χ4v) is 5.09. The van der Waals surface area contributed by atoms with Crippen molar-refractivity contribution in [2.45, 2.75) is 25.7 Å². The summed E-state index contributed by atoms with van der Waals surface area (Å²) in [6.07, 6.45) is 2.42. The smallest absolute Gasteiger partial charge is 0.325 e. The number of halogens is 1. The lowest BCUT2D eigenvalue weighted by atomic mass is 10.2. The second kappa shape index (κ2) is 10.4. The molecule has 1 aromatic carbocycles. The number of likely N-dealkylation sites (N-methyl/N-ethyl adjacent to an activating group) is 1. The first-order chi connectivity index (χ1) is 18.4. The Morgan fingerprint density at radius 2 is 1.89 bits per heavy atom. The molecule has 4 aromatic rings. The molecule has 11 heteroatoms. The van der Waals surface area contributed by atoms with E-state index in [9.17, 15) is 0 Å². The maximum absolute atomic E-state index is 6.72. The van der Waals surface area contributed by atoms with Crippen LogP contribution in [0.4, 0.5) is 17.5 Å². The Bertz CT molecular complexity index is 1420. The lowest BCUT2D eigenvalue weighted by Gasteiger charge is -2.35. The van der Waals surface area contributed by atoms with Gasteiger partial charge in [0.15, 0.2) is 5.82 Å². The van der Waals surface area contributed by atoms with Gasteiger partial charge in [-0.1, -0.05) is 11.6 Å². The van der Waals surface area contributed by atoms with Gasteiger partial charge < -0.3 is 24.8 Å². The van der Waals surface area contributed by atoms with Crippen LogP contribution in [0.25, 0.3) is 10.9 Å². The number of benzene rings is 1.